The van der Waals surface area contributed by atoms with Crippen LogP contribution in [0.5, 0.6) is 0 Å². The minimum atomic E-state index is -3.47. The highest BCUT2D eigenvalue weighted by atomic mass is 32.2. The third kappa shape index (κ3) is 4.58. The lowest BCUT2D eigenvalue weighted by Gasteiger charge is -2.13. The average molecular weight is 286 g/mol. The number of aryl methyl sites for hydroxylation is 1. The highest BCUT2D eigenvalue weighted by molar-refractivity contribution is 7.89. The van der Waals surface area contributed by atoms with Crippen LogP contribution in [0.4, 0.5) is 0 Å². The Morgan fingerprint density at radius 3 is 2.63 bits per heavy atom. The average Bonchev–Trinajstić information content (AvgIpc) is 2.37. The fourth-order valence-corrected chi connectivity index (χ4v) is 2.99. The van der Waals surface area contributed by atoms with Gasteiger partial charge in [-0.05, 0) is 36.1 Å². The van der Waals surface area contributed by atoms with Crippen LogP contribution in [-0.4, -0.2) is 28.7 Å². The number of hydrogen-bond donors (Lipinski definition) is 2. The fraction of sp³-hybridized carbons (Fsp3) is 0.538. The van der Waals surface area contributed by atoms with Crippen LogP contribution in [0.2, 0.25) is 0 Å². The molecule has 0 aliphatic rings. The molecule has 0 aromatic heterocycles. The third-order valence-electron chi connectivity index (χ3n) is 2.92. The number of methoxy groups -OCH3 is 1. The highest BCUT2D eigenvalue weighted by Gasteiger charge is 2.15. The standard InChI is InChI=1S/C13H22N2O3S/c1-10(9-18-3)8-15-19(16,17)13-5-4-12(7-14)11(2)6-13/h4-6,10,15H,7-9,14H2,1-3H3. The van der Waals surface area contributed by atoms with E-state index >= 15 is 0 Å². The number of hydrogen-bond acceptors (Lipinski definition) is 4. The van der Waals surface area contributed by atoms with Crippen LogP contribution in [0.1, 0.15) is 18.1 Å². The van der Waals surface area contributed by atoms with Crippen molar-refractivity contribution in [3.8, 4) is 0 Å². The van der Waals surface area contributed by atoms with Crippen molar-refractivity contribution < 1.29 is 13.2 Å². The lowest BCUT2D eigenvalue weighted by Crippen LogP contribution is -2.30. The molecule has 1 rings (SSSR count). The molecule has 1 unspecified atom stereocenters. The van der Waals surface area contributed by atoms with Crippen LogP contribution in [0, 0.1) is 12.8 Å². The van der Waals surface area contributed by atoms with Crippen LogP contribution >= 0.6 is 0 Å². The molecule has 0 aliphatic carbocycles. The Balaban J connectivity index is 2.80. The van der Waals surface area contributed by atoms with Crippen LogP contribution < -0.4 is 10.5 Å². The summed E-state index contributed by atoms with van der Waals surface area (Å²) in [7, 11) is -1.87. The molecular weight excluding hydrogens is 264 g/mol. The van der Waals surface area contributed by atoms with Crippen molar-refractivity contribution in [3.05, 3.63) is 29.3 Å². The topological polar surface area (TPSA) is 81.4 Å². The molecule has 0 aliphatic heterocycles. The summed E-state index contributed by atoms with van der Waals surface area (Å²) in [6.45, 7) is 5.07. The smallest absolute Gasteiger partial charge is 0.240 e. The number of ether oxygens (including phenoxy) is 1. The molecule has 0 saturated heterocycles. The maximum atomic E-state index is 12.1. The first-order chi connectivity index (χ1) is 8.90. The Labute approximate surface area is 115 Å². The van der Waals surface area contributed by atoms with Gasteiger partial charge in [0.05, 0.1) is 4.90 Å². The Bertz CT molecular complexity index is 515. The number of nitrogens with two attached hydrogens (primary N) is 1. The molecule has 0 bridgehead atoms. The molecule has 1 aromatic carbocycles. The summed E-state index contributed by atoms with van der Waals surface area (Å²) in [5, 5.41) is 0. The lowest BCUT2D eigenvalue weighted by molar-refractivity contribution is 0.161. The fourth-order valence-electron chi connectivity index (χ4n) is 1.74. The molecule has 0 radical (unpaired) electrons. The summed E-state index contributed by atoms with van der Waals surface area (Å²) >= 11 is 0. The van der Waals surface area contributed by atoms with E-state index in [1.54, 1.807) is 25.3 Å². The van der Waals surface area contributed by atoms with E-state index in [1.165, 1.54) is 0 Å². The summed E-state index contributed by atoms with van der Waals surface area (Å²) in [5.74, 6) is 0.129. The van der Waals surface area contributed by atoms with Crippen molar-refractivity contribution in [2.24, 2.45) is 11.7 Å². The van der Waals surface area contributed by atoms with E-state index < -0.39 is 10.0 Å². The molecule has 1 aromatic rings. The van der Waals surface area contributed by atoms with Crippen molar-refractivity contribution in [3.63, 3.8) is 0 Å². The van der Waals surface area contributed by atoms with E-state index in [9.17, 15) is 8.42 Å². The summed E-state index contributed by atoms with van der Waals surface area (Å²) in [6, 6.07) is 4.98. The van der Waals surface area contributed by atoms with E-state index in [0.717, 1.165) is 11.1 Å². The van der Waals surface area contributed by atoms with Gasteiger partial charge in [-0.1, -0.05) is 13.0 Å². The first-order valence-corrected chi connectivity index (χ1v) is 7.67. The minimum absolute atomic E-state index is 0.129. The van der Waals surface area contributed by atoms with Crippen molar-refractivity contribution in [1.82, 2.24) is 4.72 Å². The van der Waals surface area contributed by atoms with Crippen LogP contribution in [-0.2, 0) is 21.3 Å². The molecule has 3 N–H and O–H groups in total. The SMILES string of the molecule is COCC(C)CNS(=O)(=O)c1ccc(CN)c(C)c1. The summed E-state index contributed by atoms with van der Waals surface area (Å²) in [5.41, 5.74) is 7.40. The van der Waals surface area contributed by atoms with Crippen LogP contribution in [0.25, 0.3) is 0 Å². The zero-order chi connectivity index (χ0) is 14.5. The number of nitrogens with one attached hydrogen (secondary N) is 1. The summed E-state index contributed by atoms with van der Waals surface area (Å²) in [4.78, 5) is 0.270. The van der Waals surface area contributed by atoms with Gasteiger partial charge in [-0.2, -0.15) is 0 Å². The predicted molar refractivity (Wildman–Crippen MR) is 75.3 cm³/mol. The first-order valence-electron chi connectivity index (χ1n) is 6.19. The first kappa shape index (κ1) is 16.1. The Morgan fingerprint density at radius 1 is 1.42 bits per heavy atom. The summed E-state index contributed by atoms with van der Waals surface area (Å²) < 4.78 is 31.8. The second kappa shape index (κ2) is 7.00. The van der Waals surface area contributed by atoms with Gasteiger partial charge in [0.15, 0.2) is 0 Å². The normalized spacial score (nSPS) is 13.5. The Morgan fingerprint density at radius 2 is 2.11 bits per heavy atom. The molecule has 19 heavy (non-hydrogen) atoms. The monoisotopic (exact) mass is 286 g/mol. The maximum Gasteiger partial charge on any atom is 0.240 e. The molecule has 0 saturated carbocycles. The van der Waals surface area contributed by atoms with E-state index in [0.29, 0.717) is 19.7 Å². The molecule has 108 valence electrons. The van der Waals surface area contributed by atoms with E-state index in [1.807, 2.05) is 13.8 Å². The quantitative estimate of drug-likeness (QED) is 0.784. The molecular formula is C13H22N2O3S. The molecule has 0 heterocycles. The van der Waals surface area contributed by atoms with Crippen molar-refractivity contribution in [1.29, 1.82) is 0 Å². The Hall–Kier alpha value is -0.950. The summed E-state index contributed by atoms with van der Waals surface area (Å²) in [6.07, 6.45) is 0. The largest absolute Gasteiger partial charge is 0.384 e. The number of benzene rings is 1. The van der Waals surface area contributed by atoms with Gasteiger partial charge >= 0.3 is 0 Å². The van der Waals surface area contributed by atoms with Crippen molar-refractivity contribution in [2.75, 3.05) is 20.3 Å². The van der Waals surface area contributed by atoms with Gasteiger partial charge in [0.25, 0.3) is 0 Å². The van der Waals surface area contributed by atoms with Crippen molar-refractivity contribution >= 4 is 10.0 Å². The van der Waals surface area contributed by atoms with Gasteiger partial charge in [0.2, 0.25) is 10.0 Å². The predicted octanol–water partition coefficient (Wildman–Crippen LogP) is 1.01. The molecule has 5 nitrogen and oxygen atoms in total. The molecule has 0 amide bonds. The second-order valence-corrected chi connectivity index (χ2v) is 6.47. The van der Waals surface area contributed by atoms with Gasteiger partial charge < -0.3 is 10.5 Å². The van der Waals surface area contributed by atoms with Gasteiger partial charge in [0.1, 0.15) is 0 Å². The van der Waals surface area contributed by atoms with E-state index in [4.69, 9.17) is 10.5 Å². The van der Waals surface area contributed by atoms with Crippen molar-refractivity contribution in [2.45, 2.75) is 25.3 Å². The van der Waals surface area contributed by atoms with Gasteiger partial charge in [-0.3, -0.25) is 0 Å². The molecule has 6 heteroatoms. The van der Waals surface area contributed by atoms with Crippen LogP contribution in [0.3, 0.4) is 0 Å². The van der Waals surface area contributed by atoms with Gasteiger partial charge in [-0.25, -0.2) is 13.1 Å². The zero-order valence-corrected chi connectivity index (χ0v) is 12.5. The van der Waals surface area contributed by atoms with Gasteiger partial charge in [-0.15, -0.1) is 0 Å². The second-order valence-electron chi connectivity index (χ2n) is 4.70. The third-order valence-corrected chi connectivity index (χ3v) is 4.34. The maximum absolute atomic E-state index is 12.1. The molecule has 0 fully saturated rings. The zero-order valence-electron chi connectivity index (χ0n) is 11.6. The molecule has 1 atom stereocenters. The molecule has 0 spiro atoms. The number of sulfonamides is 1. The Kier molecular flexibility index (Phi) is 5.93. The van der Waals surface area contributed by atoms with Crippen LogP contribution in [0.15, 0.2) is 23.1 Å². The highest BCUT2D eigenvalue weighted by Crippen LogP contribution is 2.15. The van der Waals surface area contributed by atoms with E-state index in [-0.39, 0.29) is 10.8 Å². The minimum Gasteiger partial charge on any atom is -0.384 e. The van der Waals surface area contributed by atoms with E-state index in [2.05, 4.69) is 4.72 Å². The van der Waals surface area contributed by atoms with Gasteiger partial charge in [0, 0.05) is 26.8 Å². The number of rotatable bonds is 7. The lowest BCUT2D eigenvalue weighted by atomic mass is 10.1.